The summed E-state index contributed by atoms with van der Waals surface area (Å²) in [4.78, 5) is 5.43. The summed E-state index contributed by atoms with van der Waals surface area (Å²) in [6, 6.07) is 0. The van der Waals surface area contributed by atoms with Crippen LogP contribution in [0.25, 0.3) is 0 Å². The maximum absolute atomic E-state index is 6.12. The van der Waals surface area contributed by atoms with Crippen LogP contribution in [0.1, 0.15) is 35.3 Å². The van der Waals surface area contributed by atoms with Crippen LogP contribution in [-0.4, -0.2) is 14.8 Å². The molecule has 0 radical (unpaired) electrons. The molecular formula is C12H19N5S. The van der Waals surface area contributed by atoms with Crippen molar-refractivity contribution < 1.29 is 0 Å². The Kier molecular flexibility index (Phi) is 3.56. The first-order chi connectivity index (χ1) is 8.49. The average molecular weight is 265 g/mol. The number of thiazole rings is 1. The molecule has 98 valence electrons. The van der Waals surface area contributed by atoms with E-state index in [4.69, 9.17) is 5.73 Å². The minimum atomic E-state index is 0.331. The molecule has 2 heterocycles. The van der Waals surface area contributed by atoms with Gasteiger partial charge in [0.05, 0.1) is 22.9 Å². The maximum Gasteiger partial charge on any atom is 0.148 e. The fraction of sp³-hybridized carbons (Fsp3) is 0.500. The Morgan fingerprint density at radius 1 is 1.50 bits per heavy atom. The fourth-order valence-electron chi connectivity index (χ4n) is 1.86. The first-order valence-electron chi connectivity index (χ1n) is 5.96. The van der Waals surface area contributed by atoms with Crippen LogP contribution in [-0.2, 0) is 13.6 Å². The van der Waals surface area contributed by atoms with E-state index in [2.05, 4.69) is 29.2 Å². The lowest BCUT2D eigenvalue weighted by Gasteiger charge is -2.06. The number of nitrogen functional groups attached to an aromatic ring is 1. The number of hydrogen-bond acceptors (Lipinski definition) is 5. The van der Waals surface area contributed by atoms with Crippen molar-refractivity contribution in [3.8, 4) is 0 Å². The number of hydrogen-bond donors (Lipinski definition) is 2. The van der Waals surface area contributed by atoms with Crippen LogP contribution in [0.5, 0.6) is 0 Å². The van der Waals surface area contributed by atoms with Crippen molar-refractivity contribution in [3.63, 3.8) is 0 Å². The summed E-state index contributed by atoms with van der Waals surface area (Å²) in [7, 11) is 1.91. The molecular weight excluding hydrogens is 246 g/mol. The summed E-state index contributed by atoms with van der Waals surface area (Å²) >= 11 is 1.69. The Morgan fingerprint density at radius 3 is 2.72 bits per heavy atom. The van der Waals surface area contributed by atoms with Crippen molar-refractivity contribution in [2.24, 2.45) is 7.05 Å². The molecule has 0 saturated carbocycles. The zero-order chi connectivity index (χ0) is 13.3. The van der Waals surface area contributed by atoms with E-state index in [0.29, 0.717) is 5.92 Å². The molecule has 0 aliphatic heterocycles. The Balaban J connectivity index is 2.14. The quantitative estimate of drug-likeness (QED) is 0.891. The zero-order valence-electron chi connectivity index (χ0n) is 11.2. The summed E-state index contributed by atoms with van der Waals surface area (Å²) in [5.74, 6) is 1.21. The van der Waals surface area contributed by atoms with Crippen molar-refractivity contribution in [3.05, 3.63) is 21.8 Å². The van der Waals surface area contributed by atoms with Crippen molar-refractivity contribution in [2.45, 2.75) is 33.2 Å². The monoisotopic (exact) mass is 265 g/mol. The Hall–Kier alpha value is -1.56. The highest BCUT2D eigenvalue weighted by Crippen LogP contribution is 2.28. The highest BCUT2D eigenvalue weighted by Gasteiger charge is 2.15. The minimum absolute atomic E-state index is 0.331. The normalized spacial score (nSPS) is 11.2. The molecule has 3 N–H and O–H groups in total. The van der Waals surface area contributed by atoms with Crippen molar-refractivity contribution >= 4 is 22.8 Å². The van der Waals surface area contributed by atoms with Gasteiger partial charge >= 0.3 is 0 Å². The Labute approximate surface area is 111 Å². The van der Waals surface area contributed by atoms with E-state index in [9.17, 15) is 0 Å². The van der Waals surface area contributed by atoms with Gasteiger partial charge in [0, 0.05) is 18.1 Å². The van der Waals surface area contributed by atoms with E-state index >= 15 is 0 Å². The van der Waals surface area contributed by atoms with Crippen molar-refractivity contribution in [2.75, 3.05) is 11.1 Å². The molecule has 0 spiro atoms. The van der Waals surface area contributed by atoms with E-state index in [-0.39, 0.29) is 0 Å². The molecule has 0 aromatic carbocycles. The van der Waals surface area contributed by atoms with E-state index < -0.39 is 0 Å². The van der Waals surface area contributed by atoms with Gasteiger partial charge in [-0.3, -0.25) is 4.68 Å². The van der Waals surface area contributed by atoms with Gasteiger partial charge in [0.15, 0.2) is 0 Å². The van der Waals surface area contributed by atoms with Crippen LogP contribution in [0, 0.1) is 6.92 Å². The zero-order valence-corrected chi connectivity index (χ0v) is 12.0. The van der Waals surface area contributed by atoms with Gasteiger partial charge in [-0.25, -0.2) is 4.98 Å². The molecule has 5 nitrogen and oxygen atoms in total. The second kappa shape index (κ2) is 4.97. The number of nitrogens with zero attached hydrogens (tertiary/aromatic N) is 3. The predicted molar refractivity (Wildman–Crippen MR) is 75.9 cm³/mol. The van der Waals surface area contributed by atoms with E-state index in [1.54, 1.807) is 16.0 Å². The number of aryl methyl sites for hydroxylation is 2. The molecule has 0 atom stereocenters. The minimum Gasteiger partial charge on any atom is -0.394 e. The lowest BCUT2D eigenvalue weighted by molar-refractivity contribution is 0.715. The highest BCUT2D eigenvalue weighted by atomic mass is 32.1. The second-order valence-corrected chi connectivity index (χ2v) is 5.94. The Bertz CT molecular complexity index is 541. The summed E-state index contributed by atoms with van der Waals surface area (Å²) in [6.45, 7) is 6.92. The van der Waals surface area contributed by atoms with Crippen molar-refractivity contribution in [1.82, 2.24) is 14.8 Å². The van der Waals surface area contributed by atoms with Gasteiger partial charge < -0.3 is 11.1 Å². The van der Waals surface area contributed by atoms with Gasteiger partial charge in [0.25, 0.3) is 0 Å². The lowest BCUT2D eigenvalue weighted by atomic mass is 10.1. The number of rotatable bonds is 4. The summed E-state index contributed by atoms with van der Waals surface area (Å²) in [5, 5.41) is 8.85. The lowest BCUT2D eigenvalue weighted by Crippen LogP contribution is -2.05. The third-order valence-corrected chi connectivity index (χ3v) is 3.67. The molecule has 2 aromatic heterocycles. The molecule has 0 saturated heterocycles. The molecule has 6 heteroatoms. The van der Waals surface area contributed by atoms with Gasteiger partial charge in [-0.2, -0.15) is 5.10 Å². The Morgan fingerprint density at radius 2 is 2.22 bits per heavy atom. The maximum atomic E-state index is 6.12. The van der Waals surface area contributed by atoms with E-state index in [1.165, 1.54) is 4.88 Å². The molecule has 0 bridgehead atoms. The van der Waals surface area contributed by atoms with Crippen LogP contribution in [0.4, 0.5) is 11.5 Å². The molecule has 0 fully saturated rings. The van der Waals surface area contributed by atoms with Crippen LogP contribution < -0.4 is 11.1 Å². The fourth-order valence-corrected chi connectivity index (χ4v) is 2.59. The van der Waals surface area contributed by atoms with Crippen molar-refractivity contribution in [1.29, 1.82) is 0 Å². The van der Waals surface area contributed by atoms with Gasteiger partial charge in [-0.15, -0.1) is 11.3 Å². The van der Waals surface area contributed by atoms with Gasteiger partial charge in [-0.1, -0.05) is 13.8 Å². The van der Waals surface area contributed by atoms with Crippen LogP contribution in [0.15, 0.2) is 6.20 Å². The topological polar surface area (TPSA) is 68.8 Å². The van der Waals surface area contributed by atoms with Crippen LogP contribution >= 0.6 is 11.3 Å². The molecule has 2 aromatic rings. The van der Waals surface area contributed by atoms with Crippen LogP contribution in [0.3, 0.4) is 0 Å². The highest BCUT2D eigenvalue weighted by molar-refractivity contribution is 7.11. The first-order valence-corrected chi connectivity index (χ1v) is 6.78. The van der Waals surface area contributed by atoms with Gasteiger partial charge in [0.1, 0.15) is 5.82 Å². The first kappa shape index (κ1) is 12.9. The number of nitrogens with one attached hydrogen (secondary N) is 1. The number of anilines is 2. The largest absolute Gasteiger partial charge is 0.394 e. The second-order valence-electron chi connectivity index (χ2n) is 4.62. The van der Waals surface area contributed by atoms with Crippen LogP contribution in [0.2, 0.25) is 0 Å². The van der Waals surface area contributed by atoms with E-state index in [0.717, 1.165) is 28.8 Å². The summed E-state index contributed by atoms with van der Waals surface area (Å²) in [5.41, 5.74) is 7.81. The number of nitrogens with two attached hydrogens (primary N) is 1. The number of aromatic nitrogens is 3. The molecule has 0 aliphatic carbocycles. The molecule has 0 unspecified atom stereocenters. The smallest absolute Gasteiger partial charge is 0.148 e. The van der Waals surface area contributed by atoms with E-state index in [1.807, 2.05) is 20.2 Å². The van der Waals surface area contributed by atoms with Gasteiger partial charge in [0.2, 0.25) is 0 Å². The average Bonchev–Trinajstić information content (AvgIpc) is 2.82. The SMILES string of the molecule is Cc1ncc(CNc2c(N)c(C(C)C)nn2C)s1. The third-order valence-electron chi connectivity index (χ3n) is 2.76. The molecule has 18 heavy (non-hydrogen) atoms. The third kappa shape index (κ3) is 2.48. The molecule has 2 rings (SSSR count). The standard InChI is InChI=1S/C12H19N5S/c1-7(2)11-10(13)12(17(4)16-11)15-6-9-5-14-8(3)18-9/h5,7,15H,6,13H2,1-4H3. The van der Waals surface area contributed by atoms with Gasteiger partial charge in [-0.05, 0) is 12.8 Å². The summed E-state index contributed by atoms with van der Waals surface area (Å²) in [6.07, 6.45) is 1.89. The molecule has 0 aliphatic rings. The summed E-state index contributed by atoms with van der Waals surface area (Å²) < 4.78 is 1.80. The molecule has 0 amide bonds. The predicted octanol–water partition coefficient (Wildman–Crippen LogP) is 2.50.